The van der Waals surface area contributed by atoms with Crippen LogP contribution < -0.4 is 34.9 Å². The van der Waals surface area contributed by atoms with Crippen molar-refractivity contribution in [3.05, 3.63) is 95.7 Å². The predicted octanol–water partition coefficient (Wildman–Crippen LogP) is 3.26. The Kier molecular flexibility index (Phi) is 8.87. The van der Waals surface area contributed by atoms with E-state index in [2.05, 4.69) is 10.5 Å². The molecule has 0 saturated heterocycles. The summed E-state index contributed by atoms with van der Waals surface area (Å²) in [6.07, 6.45) is -1.01. The van der Waals surface area contributed by atoms with Gasteiger partial charge in [-0.2, -0.15) is 0 Å². The Bertz CT molecular complexity index is 1290. The van der Waals surface area contributed by atoms with Crippen molar-refractivity contribution >= 4 is 17.7 Å². The minimum absolute atomic E-state index is 0. The standard InChI is InChI=1S/C27H24N2O5.Na/c1-17-25(28-27(32)33-18(2)20-6-4-3-5-7-20)26(34-29-17)23-14-12-22(13-15-23)21-10-8-19(9-11-21)16-24(30)31;/h3-15,18H,16H2,1-2H3,(H,28,32)(H,30,31);/q;+1/t18-;/m1./s1. The molecule has 1 atom stereocenters. The van der Waals surface area contributed by atoms with Crippen molar-refractivity contribution in [2.45, 2.75) is 26.4 Å². The number of nitrogens with zero attached hydrogens (tertiary/aromatic N) is 1. The fourth-order valence-corrected chi connectivity index (χ4v) is 3.60. The van der Waals surface area contributed by atoms with Crippen molar-refractivity contribution in [2.24, 2.45) is 0 Å². The van der Waals surface area contributed by atoms with Crippen molar-refractivity contribution in [2.75, 3.05) is 5.32 Å². The molecule has 0 aliphatic heterocycles. The zero-order valence-corrected chi connectivity index (χ0v) is 21.8. The van der Waals surface area contributed by atoms with Gasteiger partial charge in [0.1, 0.15) is 17.5 Å². The Labute approximate surface area is 225 Å². The van der Waals surface area contributed by atoms with Gasteiger partial charge < -0.3 is 14.4 Å². The number of hydrogen-bond donors (Lipinski definition) is 2. The van der Waals surface area contributed by atoms with Gasteiger partial charge in [-0.15, -0.1) is 0 Å². The largest absolute Gasteiger partial charge is 1.00 e. The van der Waals surface area contributed by atoms with Crippen LogP contribution in [0.5, 0.6) is 0 Å². The van der Waals surface area contributed by atoms with E-state index in [1.807, 2.05) is 73.7 Å². The van der Waals surface area contributed by atoms with Gasteiger partial charge in [0.25, 0.3) is 0 Å². The van der Waals surface area contributed by atoms with Crippen LogP contribution in [0.15, 0.2) is 83.4 Å². The summed E-state index contributed by atoms with van der Waals surface area (Å²) >= 11 is 0. The number of ether oxygens (including phenoxy) is 1. The van der Waals surface area contributed by atoms with Gasteiger partial charge in [0, 0.05) is 5.56 Å². The van der Waals surface area contributed by atoms with Crippen molar-refractivity contribution in [1.29, 1.82) is 0 Å². The Morgan fingerprint density at radius 2 is 1.51 bits per heavy atom. The van der Waals surface area contributed by atoms with E-state index in [4.69, 9.17) is 14.4 Å². The van der Waals surface area contributed by atoms with Crippen LogP contribution in [0.4, 0.5) is 10.5 Å². The van der Waals surface area contributed by atoms with E-state index in [9.17, 15) is 9.59 Å². The molecule has 0 saturated carbocycles. The third-order valence-electron chi connectivity index (χ3n) is 5.43. The maximum Gasteiger partial charge on any atom is 1.00 e. The molecule has 8 heteroatoms. The summed E-state index contributed by atoms with van der Waals surface area (Å²) < 4.78 is 11.0. The number of aryl methyl sites for hydroxylation is 1. The van der Waals surface area contributed by atoms with Crippen LogP contribution in [0.3, 0.4) is 0 Å². The van der Waals surface area contributed by atoms with E-state index in [0.717, 1.165) is 27.8 Å². The Morgan fingerprint density at radius 3 is 2.11 bits per heavy atom. The van der Waals surface area contributed by atoms with Crippen LogP contribution in [0.25, 0.3) is 22.5 Å². The molecule has 4 aromatic rings. The van der Waals surface area contributed by atoms with E-state index in [1.165, 1.54) is 0 Å². The number of aliphatic carboxylic acids is 1. The maximum atomic E-state index is 12.5. The summed E-state index contributed by atoms with van der Waals surface area (Å²) in [6, 6.07) is 24.5. The van der Waals surface area contributed by atoms with Crippen LogP contribution >= 0.6 is 0 Å². The first-order valence-electron chi connectivity index (χ1n) is 10.8. The third kappa shape index (κ3) is 6.60. The van der Waals surface area contributed by atoms with E-state index < -0.39 is 18.2 Å². The first kappa shape index (κ1) is 26.2. The number of carboxylic acid groups (broad SMARTS) is 1. The summed E-state index contributed by atoms with van der Waals surface area (Å²) in [4.78, 5) is 23.4. The molecule has 4 rings (SSSR count). The molecule has 172 valence electrons. The summed E-state index contributed by atoms with van der Waals surface area (Å²) in [5, 5.41) is 15.7. The first-order chi connectivity index (χ1) is 16.4. The molecule has 2 N–H and O–H groups in total. The molecule has 3 aromatic carbocycles. The summed E-state index contributed by atoms with van der Waals surface area (Å²) in [5.74, 6) is -0.424. The second-order valence-electron chi connectivity index (χ2n) is 7.90. The zero-order valence-electron chi connectivity index (χ0n) is 19.8. The van der Waals surface area contributed by atoms with Crippen molar-refractivity contribution in [3.63, 3.8) is 0 Å². The number of carbonyl (C=O) groups is 2. The minimum atomic E-state index is -0.859. The summed E-state index contributed by atoms with van der Waals surface area (Å²) in [5.41, 5.74) is 5.31. The average Bonchev–Trinajstić information content (AvgIpc) is 3.19. The van der Waals surface area contributed by atoms with Crippen molar-refractivity contribution in [3.8, 4) is 22.5 Å². The smallest absolute Gasteiger partial charge is 0.481 e. The van der Waals surface area contributed by atoms with Gasteiger partial charge in [0.05, 0.1) is 6.42 Å². The Hall–Kier alpha value is -3.39. The molecule has 1 amide bonds. The summed E-state index contributed by atoms with van der Waals surface area (Å²) in [7, 11) is 0. The van der Waals surface area contributed by atoms with Gasteiger partial charge >= 0.3 is 41.6 Å². The van der Waals surface area contributed by atoms with Crippen molar-refractivity contribution in [1.82, 2.24) is 5.16 Å². The number of hydrogen-bond acceptors (Lipinski definition) is 5. The molecular formula is C27H24N2NaO5+. The Morgan fingerprint density at radius 1 is 0.943 bits per heavy atom. The molecule has 7 nitrogen and oxygen atoms in total. The molecule has 0 aliphatic rings. The molecule has 0 radical (unpaired) electrons. The molecule has 0 unspecified atom stereocenters. The van der Waals surface area contributed by atoms with Crippen LogP contribution in [-0.4, -0.2) is 22.3 Å². The number of nitrogens with one attached hydrogen (secondary N) is 1. The number of carboxylic acids is 1. The molecule has 0 fully saturated rings. The first-order valence-corrected chi connectivity index (χ1v) is 10.8. The van der Waals surface area contributed by atoms with Gasteiger partial charge in [-0.05, 0) is 36.1 Å². The maximum absolute atomic E-state index is 12.5. The van der Waals surface area contributed by atoms with E-state index in [-0.39, 0.29) is 36.0 Å². The van der Waals surface area contributed by atoms with E-state index in [0.29, 0.717) is 17.1 Å². The molecule has 0 bridgehead atoms. The topological polar surface area (TPSA) is 102 Å². The monoisotopic (exact) mass is 479 g/mol. The van der Waals surface area contributed by atoms with E-state index in [1.54, 1.807) is 19.1 Å². The normalized spacial score (nSPS) is 11.3. The summed E-state index contributed by atoms with van der Waals surface area (Å²) in [6.45, 7) is 3.56. The number of anilines is 1. The van der Waals surface area contributed by atoms with Crippen LogP contribution in [0.1, 0.15) is 29.8 Å². The SMILES string of the molecule is Cc1noc(-c2ccc(-c3ccc(CC(=O)O)cc3)cc2)c1NC(=O)O[C@H](C)c1ccccc1.[Na+]. The number of benzene rings is 3. The van der Waals surface area contributed by atoms with Crippen LogP contribution in [0.2, 0.25) is 0 Å². The molecule has 0 aliphatic carbocycles. The van der Waals surface area contributed by atoms with Gasteiger partial charge in [-0.1, -0.05) is 84.0 Å². The van der Waals surface area contributed by atoms with Gasteiger partial charge in [0.15, 0.2) is 5.76 Å². The number of amides is 1. The van der Waals surface area contributed by atoms with Crippen LogP contribution in [0, 0.1) is 6.92 Å². The fraction of sp³-hybridized carbons (Fsp3) is 0.148. The number of rotatable bonds is 7. The predicted molar refractivity (Wildman–Crippen MR) is 128 cm³/mol. The molecule has 35 heavy (non-hydrogen) atoms. The molecular weight excluding hydrogens is 455 g/mol. The fourth-order valence-electron chi connectivity index (χ4n) is 3.60. The molecule has 1 heterocycles. The third-order valence-corrected chi connectivity index (χ3v) is 5.43. The van der Waals surface area contributed by atoms with Crippen molar-refractivity contribution < 1.29 is 53.5 Å². The van der Waals surface area contributed by atoms with Crippen LogP contribution in [-0.2, 0) is 16.0 Å². The second-order valence-corrected chi connectivity index (χ2v) is 7.90. The van der Waals surface area contributed by atoms with Gasteiger partial charge in [-0.3, -0.25) is 10.1 Å². The van der Waals surface area contributed by atoms with Gasteiger partial charge in [0.2, 0.25) is 0 Å². The Balaban J connectivity index is 0.00000342. The number of aromatic nitrogens is 1. The number of carbonyl (C=O) groups excluding carboxylic acids is 1. The molecule has 0 spiro atoms. The zero-order chi connectivity index (χ0) is 24.1. The quantitative estimate of drug-likeness (QED) is 0.395. The van der Waals surface area contributed by atoms with E-state index >= 15 is 0 Å². The minimum Gasteiger partial charge on any atom is -0.481 e. The van der Waals surface area contributed by atoms with Gasteiger partial charge in [-0.25, -0.2) is 4.79 Å². The second kappa shape index (κ2) is 11.8. The molecule has 1 aromatic heterocycles. The average molecular weight is 479 g/mol.